The first kappa shape index (κ1) is 45.8. The second-order valence-electron chi connectivity index (χ2n) is 21.2. The topological polar surface area (TPSA) is 58.4 Å². The summed E-state index contributed by atoms with van der Waals surface area (Å²) in [4.78, 5) is 15.6. The van der Waals surface area contributed by atoms with Gasteiger partial charge >= 0.3 is 0 Å². The van der Waals surface area contributed by atoms with E-state index in [1.165, 1.54) is 54.1 Å². The van der Waals surface area contributed by atoms with Crippen LogP contribution in [0.5, 0.6) is 0 Å². The van der Waals surface area contributed by atoms with Gasteiger partial charge in [0.15, 0.2) is 17.5 Å². The Kier molecular flexibility index (Phi) is 10.2. The number of rotatable bonds is 8. The monoisotopic (exact) mass is 1050 g/mol. The van der Waals surface area contributed by atoms with E-state index in [4.69, 9.17) is 15.0 Å². The lowest BCUT2D eigenvalue weighted by Gasteiger charge is -2.19. The van der Waals surface area contributed by atoms with Gasteiger partial charge in [-0.15, -0.1) is 0 Å². The van der Waals surface area contributed by atoms with Crippen LogP contribution in [-0.2, 0) is 0 Å². The van der Waals surface area contributed by atoms with Gasteiger partial charge in [-0.1, -0.05) is 206 Å². The molecule has 382 valence electrons. The predicted molar refractivity (Wildman–Crippen MR) is 339 cm³/mol. The quantitative estimate of drug-likeness (QED) is 0.152. The smallest absolute Gasteiger partial charge is 0.164 e. The lowest BCUT2D eigenvalue weighted by molar-refractivity contribution is 1.07. The fraction of sp³-hybridized carbons (Fsp3) is 0. The van der Waals surface area contributed by atoms with Crippen LogP contribution in [0.25, 0.3) is 155 Å². The lowest BCUT2D eigenvalue weighted by Crippen LogP contribution is -2.04. The summed E-state index contributed by atoms with van der Waals surface area (Å²) >= 11 is 0. The van der Waals surface area contributed by atoms with Crippen molar-refractivity contribution in [2.24, 2.45) is 0 Å². The minimum atomic E-state index is 0.601. The van der Waals surface area contributed by atoms with E-state index in [1.54, 1.807) is 0 Å². The summed E-state index contributed by atoms with van der Waals surface area (Å²) in [5.41, 5.74) is 18.4. The fourth-order valence-corrected chi connectivity index (χ4v) is 13.0. The lowest BCUT2D eigenvalue weighted by atomic mass is 10.0. The Morgan fingerprint density at radius 3 is 1.00 bits per heavy atom. The van der Waals surface area contributed by atoms with E-state index in [0.29, 0.717) is 17.5 Å². The Morgan fingerprint density at radius 1 is 0.183 bits per heavy atom. The molecular formula is C75H47N7. The molecule has 0 saturated heterocycles. The van der Waals surface area contributed by atoms with Crippen molar-refractivity contribution in [1.82, 2.24) is 33.2 Å². The van der Waals surface area contributed by atoms with Gasteiger partial charge in [-0.05, 0) is 90.0 Å². The number of para-hydroxylation sites is 7. The van der Waals surface area contributed by atoms with Crippen LogP contribution in [-0.4, -0.2) is 33.2 Å². The largest absolute Gasteiger partial charge is 0.309 e. The molecule has 17 rings (SSSR count). The molecule has 0 aliphatic carbocycles. The van der Waals surface area contributed by atoms with Crippen LogP contribution < -0.4 is 0 Å². The third kappa shape index (κ3) is 7.06. The van der Waals surface area contributed by atoms with Gasteiger partial charge in [0, 0.05) is 71.2 Å². The van der Waals surface area contributed by atoms with Crippen molar-refractivity contribution < 1.29 is 0 Å². The van der Waals surface area contributed by atoms with Gasteiger partial charge in [-0.3, -0.25) is 0 Å². The zero-order chi connectivity index (χ0) is 53.8. The molecule has 0 radical (unpaired) electrons. The second-order valence-corrected chi connectivity index (χ2v) is 21.2. The number of hydrogen-bond donors (Lipinski definition) is 0. The van der Waals surface area contributed by atoms with Crippen LogP contribution >= 0.6 is 0 Å². The van der Waals surface area contributed by atoms with Crippen molar-refractivity contribution in [3.05, 3.63) is 285 Å². The van der Waals surface area contributed by atoms with Crippen molar-refractivity contribution in [1.29, 1.82) is 0 Å². The van der Waals surface area contributed by atoms with Gasteiger partial charge in [0.1, 0.15) is 0 Å². The average Bonchev–Trinajstić information content (AvgIpc) is 4.09. The highest BCUT2D eigenvalue weighted by Crippen LogP contribution is 2.42. The summed E-state index contributed by atoms with van der Waals surface area (Å²) < 4.78 is 9.69. The molecule has 0 atom stereocenters. The maximum absolute atomic E-state index is 5.26. The molecule has 0 fully saturated rings. The van der Waals surface area contributed by atoms with Crippen molar-refractivity contribution in [2.75, 3.05) is 0 Å². The summed E-state index contributed by atoms with van der Waals surface area (Å²) in [7, 11) is 0. The second kappa shape index (κ2) is 18.2. The third-order valence-electron chi connectivity index (χ3n) is 16.6. The van der Waals surface area contributed by atoms with Crippen molar-refractivity contribution in [2.45, 2.75) is 0 Å². The van der Waals surface area contributed by atoms with E-state index in [-0.39, 0.29) is 0 Å². The molecule has 82 heavy (non-hydrogen) atoms. The number of benzene rings is 12. The maximum atomic E-state index is 5.26. The summed E-state index contributed by atoms with van der Waals surface area (Å²) in [6.07, 6.45) is 0. The Labute approximate surface area is 471 Å². The normalized spacial score (nSPS) is 11.9. The van der Waals surface area contributed by atoms with E-state index < -0.39 is 0 Å². The summed E-state index contributed by atoms with van der Waals surface area (Å²) in [5.74, 6) is 1.82. The van der Waals surface area contributed by atoms with Gasteiger partial charge in [0.2, 0.25) is 0 Å². The first-order valence-electron chi connectivity index (χ1n) is 27.8. The van der Waals surface area contributed by atoms with Gasteiger partial charge < -0.3 is 18.3 Å². The van der Waals surface area contributed by atoms with Crippen molar-refractivity contribution in [3.8, 4) is 68.0 Å². The van der Waals surface area contributed by atoms with E-state index in [2.05, 4.69) is 285 Å². The third-order valence-corrected chi connectivity index (χ3v) is 16.6. The SMILES string of the molecule is c1ccc(-c2nc(-c3ccc(-c4ccc(-n5c6ccccc6c6ccccc65)c(-n5c6ccccc6c6ccc(-n7c8ccccc8c8ccccc87)cc65)c4)cc3)nc(-c3cccc(-n4c5ccccc5c5ccccc54)c3)n2)cc1. The Hall–Kier alpha value is -11.2. The van der Waals surface area contributed by atoms with Crippen LogP contribution in [0, 0.1) is 0 Å². The predicted octanol–water partition coefficient (Wildman–Crippen LogP) is 18.9. The maximum Gasteiger partial charge on any atom is 0.164 e. The van der Waals surface area contributed by atoms with Crippen LogP contribution in [0.3, 0.4) is 0 Å². The Morgan fingerprint density at radius 2 is 0.524 bits per heavy atom. The minimum Gasteiger partial charge on any atom is -0.309 e. The van der Waals surface area contributed by atoms with Crippen molar-refractivity contribution >= 4 is 87.2 Å². The van der Waals surface area contributed by atoms with E-state index in [9.17, 15) is 0 Å². The Balaban J connectivity index is 0.839. The zero-order valence-corrected chi connectivity index (χ0v) is 44.3. The Bertz CT molecular complexity index is 5250. The molecule has 0 N–H and O–H groups in total. The van der Waals surface area contributed by atoms with E-state index >= 15 is 0 Å². The molecule has 0 bridgehead atoms. The summed E-state index contributed by atoms with van der Waals surface area (Å²) in [5, 5.41) is 9.72. The highest BCUT2D eigenvalue weighted by molar-refractivity contribution is 6.14. The molecule has 0 amide bonds. The molecule has 12 aromatic carbocycles. The summed E-state index contributed by atoms with van der Waals surface area (Å²) in [6.45, 7) is 0. The molecule has 0 aliphatic rings. The molecule has 7 heteroatoms. The highest BCUT2D eigenvalue weighted by Gasteiger charge is 2.23. The molecule has 5 aromatic heterocycles. The average molecular weight is 1050 g/mol. The first-order chi connectivity index (χ1) is 40.7. The molecule has 0 aliphatic heterocycles. The van der Waals surface area contributed by atoms with Gasteiger partial charge in [0.25, 0.3) is 0 Å². The number of aromatic nitrogens is 7. The van der Waals surface area contributed by atoms with Crippen LogP contribution in [0.1, 0.15) is 0 Å². The zero-order valence-electron chi connectivity index (χ0n) is 44.3. The molecular weight excluding hydrogens is 999 g/mol. The standard InChI is InChI=1S/C75H47N7/c1-2-19-49(20-3-1)73-76-74(78-75(77-73)52-21-18-22-53(45-52)79-63-30-11-4-23-55(63)56-24-5-12-31-64(56)79)50-39-37-48(38-40-50)51-41-44-70(81-67-34-15-8-27-59(67)60-28-9-16-35-68(60)81)72(46-51)82-69-36-17-10-29-61(69)62-43-42-54(47-71(62)82)80-65-32-13-6-25-57(65)58-26-7-14-33-66(58)80/h1-47H. The van der Waals surface area contributed by atoms with Gasteiger partial charge in [-0.25, -0.2) is 15.0 Å². The van der Waals surface area contributed by atoms with E-state index in [1.807, 2.05) is 18.2 Å². The number of fused-ring (bicyclic) bond motifs is 12. The fourth-order valence-electron chi connectivity index (χ4n) is 13.0. The van der Waals surface area contributed by atoms with Crippen molar-refractivity contribution in [3.63, 3.8) is 0 Å². The minimum absolute atomic E-state index is 0.601. The van der Waals surface area contributed by atoms with E-state index in [0.717, 1.165) is 83.7 Å². The number of nitrogens with zero attached hydrogens (tertiary/aromatic N) is 7. The molecule has 0 saturated carbocycles. The van der Waals surface area contributed by atoms with Gasteiger partial charge in [0.05, 0.1) is 55.5 Å². The molecule has 17 aromatic rings. The van der Waals surface area contributed by atoms with Crippen LogP contribution in [0.15, 0.2) is 285 Å². The van der Waals surface area contributed by atoms with Crippen LogP contribution in [0.4, 0.5) is 0 Å². The molecule has 0 unspecified atom stereocenters. The number of hydrogen-bond acceptors (Lipinski definition) is 3. The first-order valence-corrected chi connectivity index (χ1v) is 27.8. The molecule has 0 spiro atoms. The van der Waals surface area contributed by atoms with Crippen LogP contribution in [0.2, 0.25) is 0 Å². The highest BCUT2D eigenvalue weighted by atomic mass is 15.1. The van der Waals surface area contributed by atoms with Gasteiger partial charge in [-0.2, -0.15) is 0 Å². The molecule has 5 heterocycles. The summed E-state index contributed by atoms with van der Waals surface area (Å²) in [6, 6.07) is 102. The molecule has 7 nitrogen and oxygen atoms in total.